The van der Waals surface area contributed by atoms with Crippen LogP contribution in [0.25, 0.3) is 0 Å². The zero-order chi connectivity index (χ0) is 22.4. The molecule has 2 aliphatic rings. The lowest BCUT2D eigenvalue weighted by Gasteiger charge is -2.09. The van der Waals surface area contributed by atoms with Crippen LogP contribution in [0.4, 0.5) is 11.4 Å². The Hall–Kier alpha value is -2.47. The third-order valence-corrected chi connectivity index (χ3v) is 8.07. The summed E-state index contributed by atoms with van der Waals surface area (Å²) in [5, 5.41) is 5.86. The lowest BCUT2D eigenvalue weighted by atomic mass is 10.1. The van der Waals surface area contributed by atoms with Gasteiger partial charge in [-0.2, -0.15) is 0 Å². The minimum atomic E-state index is -1.33. The molecule has 2 aliphatic carbocycles. The topological polar surface area (TPSA) is 75.3 Å². The number of carbonyl (C=O) groups is 2. The smallest absolute Gasteiger partial charge is 0.228 e. The highest BCUT2D eigenvalue weighted by Gasteiger charge is 2.50. The van der Waals surface area contributed by atoms with E-state index in [0.717, 1.165) is 12.8 Å². The van der Waals surface area contributed by atoms with Gasteiger partial charge in [-0.1, -0.05) is 27.7 Å². The van der Waals surface area contributed by atoms with Crippen molar-refractivity contribution < 1.29 is 16.7 Å². The van der Waals surface area contributed by atoms with Crippen molar-refractivity contribution >= 4 is 34.0 Å². The van der Waals surface area contributed by atoms with Crippen LogP contribution in [0.15, 0.2) is 58.3 Å². The number of hydrogen-bond donors (Lipinski definition) is 2. The van der Waals surface area contributed by atoms with E-state index in [1.54, 1.807) is 48.5 Å². The highest BCUT2D eigenvalue weighted by Crippen LogP contribution is 2.53. The molecule has 168 valence electrons. The zero-order valence-corrected chi connectivity index (χ0v) is 19.3. The van der Waals surface area contributed by atoms with Gasteiger partial charge in [-0.05, 0) is 78.1 Å². The summed E-state index contributed by atoms with van der Waals surface area (Å²) in [5.41, 5.74) is 1.80. The lowest BCUT2D eigenvalue weighted by Crippen LogP contribution is -2.16. The maximum atomic E-state index is 12.9. The Morgan fingerprint density at radius 1 is 0.871 bits per heavy atom. The standard InChI is InChI=1S/C25H30N2O3S.2H2/c1-24(2)14-16(24)13-22(28)26-17-5-9-19(10-6-17)31(30)20-11-7-18(8-12-20)27-23(29)21-15-25(21,3)4;;/h5-12,16,21H,13-15H2,1-4H3,(H,26,28)(H,27,29);2*1H. The van der Waals surface area contributed by atoms with Crippen LogP contribution in [0, 0.1) is 22.7 Å². The van der Waals surface area contributed by atoms with Gasteiger partial charge in [0.2, 0.25) is 11.8 Å². The Labute approximate surface area is 189 Å². The minimum absolute atomic E-state index is 0. The molecule has 2 N–H and O–H groups in total. The molecule has 0 spiro atoms. The molecule has 0 radical (unpaired) electrons. The molecule has 31 heavy (non-hydrogen) atoms. The molecule has 0 aliphatic heterocycles. The molecule has 5 nitrogen and oxygen atoms in total. The largest absolute Gasteiger partial charge is 0.326 e. The van der Waals surface area contributed by atoms with E-state index in [-0.39, 0.29) is 31.4 Å². The number of hydrogen-bond acceptors (Lipinski definition) is 3. The molecule has 2 aromatic rings. The molecule has 6 heteroatoms. The van der Waals surface area contributed by atoms with E-state index in [0.29, 0.717) is 33.5 Å². The molecule has 2 amide bonds. The third-order valence-electron chi connectivity index (χ3n) is 6.67. The second-order valence-corrected chi connectivity index (χ2v) is 11.7. The van der Waals surface area contributed by atoms with E-state index in [2.05, 4.69) is 38.3 Å². The average molecular weight is 443 g/mol. The normalized spacial score (nSPS) is 23.5. The molecule has 3 unspecified atom stereocenters. The quantitative estimate of drug-likeness (QED) is 0.577. The second kappa shape index (κ2) is 7.90. The van der Waals surface area contributed by atoms with Crippen LogP contribution in [-0.2, 0) is 20.4 Å². The van der Waals surface area contributed by atoms with Crippen LogP contribution in [0.5, 0.6) is 0 Å². The Morgan fingerprint density at radius 3 is 1.74 bits per heavy atom. The number of anilines is 2. The van der Waals surface area contributed by atoms with Crippen molar-refractivity contribution in [2.24, 2.45) is 22.7 Å². The first-order chi connectivity index (χ1) is 14.5. The number of nitrogens with one attached hydrogen (secondary N) is 2. The monoisotopic (exact) mass is 442 g/mol. The first-order valence-corrected chi connectivity index (χ1v) is 11.9. The molecule has 4 rings (SSSR count). The van der Waals surface area contributed by atoms with Crippen molar-refractivity contribution in [3.05, 3.63) is 48.5 Å². The first kappa shape index (κ1) is 21.8. The van der Waals surface area contributed by atoms with Gasteiger partial charge in [-0.15, -0.1) is 0 Å². The molecule has 0 saturated heterocycles. The summed E-state index contributed by atoms with van der Waals surface area (Å²) in [6.07, 6.45) is 2.55. The van der Waals surface area contributed by atoms with Gasteiger partial charge in [0.05, 0.1) is 10.8 Å². The average Bonchev–Trinajstić information content (AvgIpc) is 3.55. The lowest BCUT2D eigenvalue weighted by molar-refractivity contribution is -0.118. The summed E-state index contributed by atoms with van der Waals surface area (Å²) in [6.45, 7) is 8.55. The van der Waals surface area contributed by atoms with E-state index in [1.807, 2.05) is 0 Å². The van der Waals surface area contributed by atoms with Crippen LogP contribution in [0.1, 0.15) is 49.8 Å². The van der Waals surface area contributed by atoms with Gasteiger partial charge in [-0.3, -0.25) is 9.59 Å². The van der Waals surface area contributed by atoms with Crippen molar-refractivity contribution in [2.45, 2.75) is 56.7 Å². The molecule has 0 aromatic heterocycles. The first-order valence-electron chi connectivity index (χ1n) is 10.8. The Bertz CT molecular complexity index is 1040. The Balaban J connectivity index is 0.00000193. The summed E-state index contributed by atoms with van der Waals surface area (Å²) in [4.78, 5) is 25.7. The number of rotatable bonds is 7. The summed E-state index contributed by atoms with van der Waals surface area (Å²) in [7, 11) is -1.33. The van der Waals surface area contributed by atoms with Crippen LogP contribution < -0.4 is 10.6 Å². The number of amides is 2. The molecular formula is C25H34N2O3S. The van der Waals surface area contributed by atoms with Gasteiger partial charge in [-0.25, -0.2) is 4.21 Å². The fourth-order valence-corrected chi connectivity index (χ4v) is 5.00. The highest BCUT2D eigenvalue weighted by atomic mass is 32.2. The summed E-state index contributed by atoms with van der Waals surface area (Å²) >= 11 is 0. The maximum absolute atomic E-state index is 12.9. The van der Waals surface area contributed by atoms with E-state index < -0.39 is 10.8 Å². The minimum Gasteiger partial charge on any atom is -0.326 e. The number of benzene rings is 2. The van der Waals surface area contributed by atoms with Gasteiger partial charge in [0, 0.05) is 36.4 Å². The summed E-state index contributed by atoms with van der Waals surface area (Å²) < 4.78 is 12.9. The van der Waals surface area contributed by atoms with Crippen LogP contribution in [-0.4, -0.2) is 16.0 Å². The van der Waals surface area contributed by atoms with Crippen molar-refractivity contribution in [3.8, 4) is 0 Å². The van der Waals surface area contributed by atoms with Crippen LogP contribution in [0.2, 0.25) is 0 Å². The van der Waals surface area contributed by atoms with E-state index >= 15 is 0 Å². The molecule has 2 saturated carbocycles. The molecule has 2 fully saturated rings. The fourth-order valence-electron chi connectivity index (χ4n) is 3.96. The predicted molar refractivity (Wildman–Crippen MR) is 127 cm³/mol. The zero-order valence-electron chi connectivity index (χ0n) is 18.5. The molecule has 0 heterocycles. The van der Waals surface area contributed by atoms with Gasteiger partial charge < -0.3 is 10.6 Å². The van der Waals surface area contributed by atoms with Crippen molar-refractivity contribution in [3.63, 3.8) is 0 Å². The third kappa shape index (κ3) is 5.06. The Morgan fingerprint density at radius 2 is 1.32 bits per heavy atom. The van der Waals surface area contributed by atoms with Gasteiger partial charge in [0.15, 0.2) is 0 Å². The highest BCUT2D eigenvalue weighted by molar-refractivity contribution is 7.85. The second-order valence-electron chi connectivity index (χ2n) is 10.2. The van der Waals surface area contributed by atoms with E-state index in [4.69, 9.17) is 0 Å². The Kier molecular flexibility index (Phi) is 5.54. The van der Waals surface area contributed by atoms with Gasteiger partial charge in [0.25, 0.3) is 0 Å². The maximum Gasteiger partial charge on any atom is 0.228 e. The number of carbonyl (C=O) groups excluding carboxylic acids is 2. The van der Waals surface area contributed by atoms with Crippen LogP contribution >= 0.6 is 0 Å². The SMILES string of the molecule is CC1(C)CC1CC(=O)Nc1ccc(S(=O)c2ccc(NC(=O)C3CC3(C)C)cc2)cc1.[HH].[HH]. The van der Waals surface area contributed by atoms with E-state index in [1.165, 1.54) is 0 Å². The fraction of sp³-hybridized carbons (Fsp3) is 0.440. The molecule has 2 aromatic carbocycles. The van der Waals surface area contributed by atoms with E-state index in [9.17, 15) is 13.8 Å². The van der Waals surface area contributed by atoms with Gasteiger partial charge in [0.1, 0.15) is 0 Å². The van der Waals surface area contributed by atoms with Gasteiger partial charge >= 0.3 is 0 Å². The summed E-state index contributed by atoms with van der Waals surface area (Å²) in [6, 6.07) is 14.2. The van der Waals surface area contributed by atoms with Crippen molar-refractivity contribution in [1.82, 2.24) is 0 Å². The molecule has 3 atom stereocenters. The van der Waals surface area contributed by atoms with Crippen molar-refractivity contribution in [1.29, 1.82) is 0 Å². The van der Waals surface area contributed by atoms with Crippen molar-refractivity contribution in [2.75, 3.05) is 10.6 Å². The van der Waals surface area contributed by atoms with Crippen LogP contribution in [0.3, 0.4) is 0 Å². The molecule has 0 bridgehead atoms. The predicted octanol–water partition coefficient (Wildman–Crippen LogP) is 5.70. The molecular weight excluding hydrogens is 408 g/mol. The summed E-state index contributed by atoms with van der Waals surface area (Å²) in [5.74, 6) is 0.595.